The molecule has 1 atom stereocenters. The fraction of sp³-hybridized carbons (Fsp3) is 0.393. The zero-order valence-electron chi connectivity index (χ0n) is 22.1. The standard InChI is InChI=1S/C28H31ClN6O4/c1-4-18(14-36)33-23(37)15-38-20-5-6-21(22(29)12-20)25-34-24-26(31-16-32-27(24)39-28(3)8-9-28)35(25)13-19-11-17(2)7-10-30-19/h5-7,10-12,16,18,36H,4,8-9,13-15H2,1-3H3,(H,33,37)/t18-/m1/s1. The number of hydrogen-bond acceptors (Lipinski definition) is 8. The first-order valence-corrected chi connectivity index (χ1v) is 13.3. The van der Waals surface area contributed by atoms with Crippen LogP contribution in [0.4, 0.5) is 0 Å². The summed E-state index contributed by atoms with van der Waals surface area (Å²) in [5.74, 6) is 1.14. The molecule has 1 aromatic carbocycles. The molecule has 10 nitrogen and oxygen atoms in total. The van der Waals surface area contributed by atoms with E-state index in [-0.39, 0.29) is 30.8 Å². The Hall–Kier alpha value is -3.76. The van der Waals surface area contributed by atoms with Gasteiger partial charge in [0.25, 0.3) is 5.91 Å². The second kappa shape index (κ2) is 11.2. The van der Waals surface area contributed by atoms with Crippen LogP contribution < -0.4 is 14.8 Å². The molecule has 204 valence electrons. The van der Waals surface area contributed by atoms with Gasteiger partial charge in [0.15, 0.2) is 17.8 Å². The number of imidazole rings is 1. The first-order valence-electron chi connectivity index (χ1n) is 12.9. The van der Waals surface area contributed by atoms with Crippen molar-refractivity contribution in [2.24, 2.45) is 0 Å². The summed E-state index contributed by atoms with van der Waals surface area (Å²) in [6.07, 6.45) is 5.81. The van der Waals surface area contributed by atoms with E-state index in [4.69, 9.17) is 26.1 Å². The number of amides is 1. The molecule has 4 aromatic rings. The number of pyridine rings is 1. The molecule has 0 unspecified atom stereocenters. The average Bonchev–Trinajstić information content (AvgIpc) is 3.54. The summed E-state index contributed by atoms with van der Waals surface area (Å²) in [7, 11) is 0. The Morgan fingerprint density at radius 3 is 2.74 bits per heavy atom. The third-order valence-electron chi connectivity index (χ3n) is 6.72. The van der Waals surface area contributed by atoms with Crippen LogP contribution in [0.3, 0.4) is 0 Å². The van der Waals surface area contributed by atoms with E-state index in [9.17, 15) is 9.90 Å². The van der Waals surface area contributed by atoms with Gasteiger partial charge in [-0.15, -0.1) is 0 Å². The van der Waals surface area contributed by atoms with Crippen molar-refractivity contribution in [2.75, 3.05) is 13.2 Å². The van der Waals surface area contributed by atoms with E-state index in [1.165, 1.54) is 6.33 Å². The number of aromatic nitrogens is 5. The highest BCUT2D eigenvalue weighted by molar-refractivity contribution is 6.33. The van der Waals surface area contributed by atoms with Gasteiger partial charge in [0.1, 0.15) is 23.5 Å². The molecular weight excluding hydrogens is 520 g/mol. The number of aliphatic hydroxyl groups excluding tert-OH is 1. The molecule has 1 saturated carbocycles. The van der Waals surface area contributed by atoms with E-state index in [1.807, 2.05) is 30.5 Å². The maximum Gasteiger partial charge on any atom is 0.258 e. The fourth-order valence-electron chi connectivity index (χ4n) is 4.17. The van der Waals surface area contributed by atoms with Crippen molar-refractivity contribution < 1.29 is 19.4 Å². The number of benzene rings is 1. The van der Waals surface area contributed by atoms with Gasteiger partial charge in [-0.3, -0.25) is 9.78 Å². The Labute approximate surface area is 231 Å². The zero-order valence-corrected chi connectivity index (χ0v) is 22.9. The number of carbonyl (C=O) groups excluding carboxylic acids is 1. The van der Waals surface area contributed by atoms with Crippen LogP contribution >= 0.6 is 11.6 Å². The molecule has 1 amide bonds. The quantitative estimate of drug-likeness (QED) is 0.286. The lowest BCUT2D eigenvalue weighted by Gasteiger charge is -2.15. The molecule has 0 saturated heterocycles. The molecule has 5 rings (SSSR count). The number of fused-ring (bicyclic) bond motifs is 1. The van der Waals surface area contributed by atoms with Crippen molar-refractivity contribution in [1.82, 2.24) is 29.8 Å². The van der Waals surface area contributed by atoms with Crippen LogP contribution in [0.2, 0.25) is 5.02 Å². The van der Waals surface area contributed by atoms with Gasteiger partial charge in [-0.1, -0.05) is 18.5 Å². The van der Waals surface area contributed by atoms with Crippen LogP contribution in [-0.2, 0) is 11.3 Å². The first-order chi connectivity index (χ1) is 18.8. The normalized spacial score (nSPS) is 14.7. The second-order valence-corrected chi connectivity index (χ2v) is 10.4. The van der Waals surface area contributed by atoms with Crippen LogP contribution in [0.1, 0.15) is 44.4 Å². The summed E-state index contributed by atoms with van der Waals surface area (Å²) in [6.45, 7) is 6.05. The van der Waals surface area contributed by atoms with Crippen LogP contribution in [0.15, 0.2) is 42.9 Å². The summed E-state index contributed by atoms with van der Waals surface area (Å²) in [5, 5.41) is 12.4. The smallest absolute Gasteiger partial charge is 0.258 e. The minimum absolute atomic E-state index is 0.127. The summed E-state index contributed by atoms with van der Waals surface area (Å²) in [5.41, 5.74) is 3.54. The molecule has 3 aromatic heterocycles. The summed E-state index contributed by atoms with van der Waals surface area (Å²) >= 11 is 6.74. The summed E-state index contributed by atoms with van der Waals surface area (Å²) in [4.78, 5) is 30.5. The number of aliphatic hydroxyl groups is 1. The van der Waals surface area contributed by atoms with Crippen LogP contribution in [0.25, 0.3) is 22.6 Å². The lowest BCUT2D eigenvalue weighted by atomic mass is 10.2. The number of carbonyl (C=O) groups is 1. The van der Waals surface area contributed by atoms with E-state index in [0.29, 0.717) is 52.2 Å². The van der Waals surface area contributed by atoms with E-state index in [2.05, 4.69) is 27.2 Å². The highest BCUT2D eigenvalue weighted by atomic mass is 35.5. The Balaban J connectivity index is 1.48. The number of hydrogen-bond donors (Lipinski definition) is 2. The number of nitrogens with one attached hydrogen (secondary N) is 1. The molecule has 1 fully saturated rings. The van der Waals surface area contributed by atoms with E-state index in [1.54, 1.807) is 24.4 Å². The van der Waals surface area contributed by atoms with Crippen molar-refractivity contribution >= 4 is 28.7 Å². The fourth-order valence-corrected chi connectivity index (χ4v) is 4.42. The SMILES string of the molecule is CC[C@H](CO)NC(=O)COc1ccc(-c2nc3c(OC4(C)CC4)ncnc3n2Cc2cc(C)ccn2)c(Cl)c1. The number of rotatable bonds is 11. The monoisotopic (exact) mass is 550 g/mol. The Kier molecular flexibility index (Phi) is 7.67. The van der Waals surface area contributed by atoms with Crippen LogP contribution in [-0.4, -0.2) is 60.4 Å². The van der Waals surface area contributed by atoms with Gasteiger partial charge in [0, 0.05) is 11.8 Å². The number of aryl methyl sites for hydroxylation is 1. The summed E-state index contributed by atoms with van der Waals surface area (Å²) in [6, 6.07) is 8.85. The van der Waals surface area contributed by atoms with Gasteiger partial charge in [-0.2, -0.15) is 4.98 Å². The number of halogens is 1. The largest absolute Gasteiger partial charge is 0.484 e. The first kappa shape index (κ1) is 26.8. The van der Waals surface area contributed by atoms with Crippen LogP contribution in [0, 0.1) is 6.92 Å². The highest BCUT2D eigenvalue weighted by Crippen LogP contribution is 2.41. The van der Waals surface area contributed by atoms with Crippen molar-refractivity contribution in [1.29, 1.82) is 0 Å². The lowest BCUT2D eigenvalue weighted by molar-refractivity contribution is -0.124. The van der Waals surface area contributed by atoms with Crippen molar-refractivity contribution in [3.05, 3.63) is 59.1 Å². The van der Waals surface area contributed by atoms with Crippen molar-refractivity contribution in [2.45, 2.75) is 58.2 Å². The summed E-state index contributed by atoms with van der Waals surface area (Å²) < 4.78 is 13.8. The molecule has 39 heavy (non-hydrogen) atoms. The van der Waals surface area contributed by atoms with Gasteiger partial charge in [-0.25, -0.2) is 9.97 Å². The van der Waals surface area contributed by atoms with Gasteiger partial charge in [-0.05, 0) is 69.0 Å². The molecule has 1 aliphatic carbocycles. The third kappa shape index (κ3) is 6.12. The number of nitrogens with zero attached hydrogens (tertiary/aromatic N) is 5. The Bertz CT molecular complexity index is 1500. The maximum absolute atomic E-state index is 12.2. The molecule has 0 aliphatic heterocycles. The van der Waals surface area contributed by atoms with Gasteiger partial charge in [0.2, 0.25) is 5.88 Å². The van der Waals surface area contributed by atoms with E-state index >= 15 is 0 Å². The van der Waals surface area contributed by atoms with Gasteiger partial charge >= 0.3 is 0 Å². The predicted octanol–water partition coefficient (Wildman–Crippen LogP) is 4.10. The topological polar surface area (TPSA) is 124 Å². The van der Waals surface area contributed by atoms with Crippen molar-refractivity contribution in [3.8, 4) is 23.0 Å². The van der Waals surface area contributed by atoms with E-state index < -0.39 is 0 Å². The maximum atomic E-state index is 12.2. The predicted molar refractivity (Wildman–Crippen MR) is 147 cm³/mol. The molecule has 0 bridgehead atoms. The molecule has 11 heteroatoms. The van der Waals surface area contributed by atoms with Gasteiger partial charge in [0.05, 0.1) is 29.9 Å². The number of ether oxygens (including phenoxy) is 2. The minimum atomic E-state index is -0.320. The molecule has 0 radical (unpaired) electrons. The van der Waals surface area contributed by atoms with Crippen molar-refractivity contribution in [3.63, 3.8) is 0 Å². The molecule has 2 N–H and O–H groups in total. The molecule has 3 heterocycles. The second-order valence-electron chi connectivity index (χ2n) is 10.0. The lowest BCUT2D eigenvalue weighted by Crippen LogP contribution is -2.39. The Morgan fingerprint density at radius 1 is 1.23 bits per heavy atom. The highest BCUT2D eigenvalue weighted by Gasteiger charge is 2.41. The molecular formula is C28H31ClN6O4. The zero-order chi connectivity index (χ0) is 27.6. The van der Waals surface area contributed by atoms with E-state index in [0.717, 1.165) is 24.1 Å². The molecule has 1 aliphatic rings. The average molecular weight is 551 g/mol. The molecule has 0 spiro atoms. The third-order valence-corrected chi connectivity index (χ3v) is 7.03. The minimum Gasteiger partial charge on any atom is -0.484 e. The van der Waals surface area contributed by atoms with Crippen LogP contribution in [0.5, 0.6) is 11.6 Å². The van der Waals surface area contributed by atoms with Gasteiger partial charge < -0.3 is 24.5 Å². The Morgan fingerprint density at radius 2 is 2.05 bits per heavy atom.